The molecule has 0 bridgehead atoms. The molecule has 0 saturated carbocycles. The molecule has 3 nitrogen and oxygen atoms in total. The number of hydrogen-bond acceptors (Lipinski definition) is 2. The summed E-state index contributed by atoms with van der Waals surface area (Å²) in [6, 6.07) is 2.87. The molecule has 1 aliphatic rings. The first kappa shape index (κ1) is 18.8. The van der Waals surface area contributed by atoms with Gasteiger partial charge >= 0.3 is 0 Å². The predicted molar refractivity (Wildman–Crippen MR) is 85.0 cm³/mol. The highest BCUT2D eigenvalue weighted by atomic mass is 35.5. The van der Waals surface area contributed by atoms with E-state index in [1.807, 2.05) is 6.92 Å². The van der Waals surface area contributed by atoms with Crippen molar-refractivity contribution in [2.24, 2.45) is 5.92 Å². The molecule has 22 heavy (non-hydrogen) atoms. The first-order valence-electron chi connectivity index (χ1n) is 7.55. The van der Waals surface area contributed by atoms with Crippen LogP contribution >= 0.6 is 12.4 Å². The maximum atomic E-state index is 13.8. The van der Waals surface area contributed by atoms with Gasteiger partial charge in [-0.25, -0.2) is 8.78 Å². The third-order valence-corrected chi connectivity index (χ3v) is 4.02. The zero-order valence-electron chi connectivity index (χ0n) is 12.7. The average Bonchev–Trinajstić information content (AvgIpc) is 2.98. The number of amides is 1. The van der Waals surface area contributed by atoms with Crippen LogP contribution in [0, 0.1) is 17.6 Å². The van der Waals surface area contributed by atoms with Crippen LogP contribution in [0.2, 0.25) is 0 Å². The van der Waals surface area contributed by atoms with Gasteiger partial charge in [0.2, 0.25) is 5.91 Å². The fourth-order valence-corrected chi connectivity index (χ4v) is 2.74. The van der Waals surface area contributed by atoms with Crippen LogP contribution in [0.4, 0.5) is 8.78 Å². The molecule has 0 spiro atoms. The second kappa shape index (κ2) is 9.06. The molecule has 124 valence electrons. The fraction of sp³-hybridized carbons (Fsp3) is 0.562. The van der Waals surface area contributed by atoms with E-state index >= 15 is 0 Å². The van der Waals surface area contributed by atoms with Gasteiger partial charge in [-0.1, -0.05) is 6.92 Å². The van der Waals surface area contributed by atoms with Crippen LogP contribution in [0.25, 0.3) is 0 Å². The molecule has 2 unspecified atom stereocenters. The van der Waals surface area contributed by atoms with Crippen molar-refractivity contribution in [3.05, 3.63) is 35.4 Å². The second-order valence-corrected chi connectivity index (χ2v) is 5.59. The van der Waals surface area contributed by atoms with Crippen molar-refractivity contribution >= 4 is 18.3 Å². The first-order chi connectivity index (χ1) is 10.1. The van der Waals surface area contributed by atoms with Crippen LogP contribution in [0.15, 0.2) is 18.2 Å². The van der Waals surface area contributed by atoms with E-state index in [4.69, 9.17) is 0 Å². The molecule has 0 aromatic heterocycles. The lowest BCUT2D eigenvalue weighted by Crippen LogP contribution is -2.29. The Morgan fingerprint density at radius 1 is 1.45 bits per heavy atom. The molecule has 2 rings (SSSR count). The number of benzene rings is 1. The third-order valence-electron chi connectivity index (χ3n) is 4.02. The molecule has 0 radical (unpaired) electrons. The maximum Gasteiger partial charge on any atom is 0.220 e. The summed E-state index contributed by atoms with van der Waals surface area (Å²) in [5.41, 5.74) is 0.216. The highest BCUT2D eigenvalue weighted by Crippen LogP contribution is 2.22. The summed E-state index contributed by atoms with van der Waals surface area (Å²) in [6.07, 6.45) is 2.89. The molecule has 1 saturated heterocycles. The van der Waals surface area contributed by atoms with E-state index in [9.17, 15) is 13.6 Å². The van der Waals surface area contributed by atoms with Gasteiger partial charge in [-0.15, -0.1) is 12.4 Å². The Morgan fingerprint density at radius 2 is 2.23 bits per heavy atom. The van der Waals surface area contributed by atoms with Gasteiger partial charge in [-0.3, -0.25) is 4.79 Å². The smallest absolute Gasteiger partial charge is 0.220 e. The molecule has 1 amide bonds. The number of halogens is 3. The van der Waals surface area contributed by atoms with Crippen molar-refractivity contribution in [3.63, 3.8) is 0 Å². The minimum Gasteiger partial charge on any atom is -0.349 e. The molecule has 2 N–H and O–H groups in total. The summed E-state index contributed by atoms with van der Waals surface area (Å²) in [5.74, 6) is -0.529. The zero-order chi connectivity index (χ0) is 15.2. The quantitative estimate of drug-likeness (QED) is 0.839. The highest BCUT2D eigenvalue weighted by molar-refractivity contribution is 5.85. The molecule has 0 aliphatic carbocycles. The standard InChI is InChI=1S/C16H22F2N2O.ClH/c1-2-15(13-9-12(17)4-5-14(13)18)20-16(21)6-3-11-7-8-19-10-11;/h4-5,9,11,15,19H,2-3,6-8,10H2,1H3,(H,20,21);1H. The summed E-state index contributed by atoms with van der Waals surface area (Å²) < 4.78 is 27.0. The van der Waals surface area contributed by atoms with E-state index in [1.165, 1.54) is 0 Å². The lowest BCUT2D eigenvalue weighted by Gasteiger charge is -2.19. The Hall–Kier alpha value is -1.20. The van der Waals surface area contributed by atoms with E-state index in [0.717, 1.165) is 44.1 Å². The third kappa shape index (κ3) is 5.21. The van der Waals surface area contributed by atoms with Crippen molar-refractivity contribution in [1.29, 1.82) is 0 Å². The number of rotatable bonds is 6. The van der Waals surface area contributed by atoms with E-state index < -0.39 is 17.7 Å². The normalized spacial score (nSPS) is 18.6. The van der Waals surface area contributed by atoms with Crippen LogP contribution in [-0.2, 0) is 4.79 Å². The number of carbonyl (C=O) groups is 1. The van der Waals surface area contributed by atoms with Crippen LogP contribution < -0.4 is 10.6 Å². The van der Waals surface area contributed by atoms with Crippen LogP contribution in [0.1, 0.15) is 44.2 Å². The van der Waals surface area contributed by atoms with Crippen molar-refractivity contribution in [2.75, 3.05) is 13.1 Å². The molecule has 1 heterocycles. The average molecular weight is 333 g/mol. The molecule has 2 atom stereocenters. The largest absolute Gasteiger partial charge is 0.349 e. The Kier molecular flexibility index (Phi) is 7.76. The minimum atomic E-state index is -0.490. The van der Waals surface area contributed by atoms with Gasteiger partial charge in [0, 0.05) is 12.0 Å². The molecular weight excluding hydrogens is 310 g/mol. The van der Waals surface area contributed by atoms with Crippen LogP contribution in [-0.4, -0.2) is 19.0 Å². The second-order valence-electron chi connectivity index (χ2n) is 5.59. The summed E-state index contributed by atoms with van der Waals surface area (Å²) in [6.45, 7) is 3.82. The van der Waals surface area contributed by atoms with Crippen molar-refractivity contribution in [2.45, 2.75) is 38.6 Å². The van der Waals surface area contributed by atoms with Gasteiger partial charge in [0.05, 0.1) is 6.04 Å². The number of nitrogens with one attached hydrogen (secondary N) is 2. The van der Waals surface area contributed by atoms with Gasteiger partial charge in [0.25, 0.3) is 0 Å². The summed E-state index contributed by atoms with van der Waals surface area (Å²) in [5, 5.41) is 6.07. The van der Waals surface area contributed by atoms with E-state index in [0.29, 0.717) is 18.8 Å². The topological polar surface area (TPSA) is 41.1 Å². The summed E-state index contributed by atoms with van der Waals surface area (Å²) in [4.78, 5) is 12.0. The monoisotopic (exact) mass is 332 g/mol. The van der Waals surface area contributed by atoms with Gasteiger partial charge in [0.1, 0.15) is 11.6 Å². The van der Waals surface area contributed by atoms with E-state index in [-0.39, 0.29) is 23.9 Å². The fourth-order valence-electron chi connectivity index (χ4n) is 2.74. The Labute approximate surface area is 136 Å². The van der Waals surface area contributed by atoms with Gasteiger partial charge in [-0.05, 0) is 56.5 Å². The molecular formula is C16H23ClF2N2O. The zero-order valence-corrected chi connectivity index (χ0v) is 13.5. The number of hydrogen-bond donors (Lipinski definition) is 2. The van der Waals surface area contributed by atoms with Crippen LogP contribution in [0.3, 0.4) is 0 Å². The van der Waals surface area contributed by atoms with Crippen molar-refractivity contribution in [1.82, 2.24) is 10.6 Å². The predicted octanol–water partition coefficient (Wildman–Crippen LogP) is 3.34. The minimum absolute atomic E-state index is 0. The molecule has 1 aromatic rings. The maximum absolute atomic E-state index is 13.8. The molecule has 1 fully saturated rings. The Morgan fingerprint density at radius 3 is 2.86 bits per heavy atom. The number of carbonyl (C=O) groups excluding carboxylic acids is 1. The lowest BCUT2D eigenvalue weighted by atomic mass is 10.0. The lowest BCUT2D eigenvalue weighted by molar-refractivity contribution is -0.122. The van der Waals surface area contributed by atoms with E-state index in [2.05, 4.69) is 10.6 Å². The highest BCUT2D eigenvalue weighted by Gasteiger charge is 2.19. The van der Waals surface area contributed by atoms with Gasteiger partial charge in [0.15, 0.2) is 0 Å². The Balaban J connectivity index is 0.00000242. The SMILES string of the molecule is CCC(NC(=O)CCC1CCNC1)c1cc(F)ccc1F.Cl. The van der Waals surface area contributed by atoms with Crippen molar-refractivity contribution in [3.8, 4) is 0 Å². The first-order valence-corrected chi connectivity index (χ1v) is 7.55. The summed E-state index contributed by atoms with van der Waals surface area (Å²) >= 11 is 0. The molecule has 6 heteroatoms. The van der Waals surface area contributed by atoms with Gasteiger partial charge < -0.3 is 10.6 Å². The Bertz CT molecular complexity index is 493. The molecule has 1 aromatic carbocycles. The van der Waals surface area contributed by atoms with Gasteiger partial charge in [-0.2, -0.15) is 0 Å². The molecule has 1 aliphatic heterocycles. The van der Waals surface area contributed by atoms with E-state index in [1.54, 1.807) is 0 Å². The van der Waals surface area contributed by atoms with Crippen LogP contribution in [0.5, 0.6) is 0 Å². The van der Waals surface area contributed by atoms with Crippen molar-refractivity contribution < 1.29 is 13.6 Å². The summed E-state index contributed by atoms with van der Waals surface area (Å²) in [7, 11) is 0.